The Morgan fingerprint density at radius 1 is 1.42 bits per heavy atom. The first kappa shape index (κ1) is 13.7. The molecule has 1 aliphatic carbocycles. The van der Waals surface area contributed by atoms with Crippen LogP contribution in [0.1, 0.15) is 44.0 Å². The van der Waals surface area contributed by atoms with Crippen molar-refractivity contribution in [3.05, 3.63) is 5.82 Å². The molecule has 2 rings (SSSR count). The third-order valence-corrected chi connectivity index (χ3v) is 3.25. The van der Waals surface area contributed by atoms with Gasteiger partial charge in [-0.25, -0.2) is 15.0 Å². The van der Waals surface area contributed by atoms with Gasteiger partial charge in [-0.05, 0) is 23.3 Å². The van der Waals surface area contributed by atoms with E-state index in [1.807, 2.05) is 4.68 Å². The summed E-state index contributed by atoms with van der Waals surface area (Å²) in [6.45, 7) is 0.170. The van der Waals surface area contributed by atoms with Gasteiger partial charge in [0.05, 0.1) is 6.04 Å². The predicted octanol–water partition coefficient (Wildman–Crippen LogP) is 0.881. The number of amides is 2. The van der Waals surface area contributed by atoms with Gasteiger partial charge in [0.15, 0.2) is 5.82 Å². The molecular weight excluding hydrogens is 248 g/mol. The van der Waals surface area contributed by atoms with Crippen molar-refractivity contribution in [2.24, 2.45) is 0 Å². The largest absolute Gasteiger partial charge is 0.340 e. The minimum atomic E-state index is -0.309. The molecule has 1 heterocycles. The minimum Gasteiger partial charge on any atom is -0.329 e. The molecule has 19 heavy (non-hydrogen) atoms. The summed E-state index contributed by atoms with van der Waals surface area (Å²) in [5.41, 5.74) is 2.33. The lowest BCUT2D eigenvalue weighted by Gasteiger charge is -2.22. The van der Waals surface area contributed by atoms with E-state index in [0.29, 0.717) is 11.9 Å². The molecule has 1 aromatic heterocycles. The van der Waals surface area contributed by atoms with E-state index in [2.05, 4.69) is 21.0 Å². The van der Waals surface area contributed by atoms with Crippen LogP contribution < -0.4 is 5.48 Å². The van der Waals surface area contributed by atoms with Crippen molar-refractivity contribution in [3.63, 3.8) is 0 Å². The third kappa shape index (κ3) is 3.63. The molecule has 0 unspecified atom stereocenters. The highest BCUT2D eigenvalue weighted by Crippen LogP contribution is 2.27. The molecule has 0 atom stereocenters. The van der Waals surface area contributed by atoms with Crippen molar-refractivity contribution >= 4 is 6.03 Å². The maximum absolute atomic E-state index is 11.3. The van der Waals surface area contributed by atoms with Gasteiger partial charge in [-0.2, -0.15) is 0 Å². The van der Waals surface area contributed by atoms with Crippen molar-refractivity contribution in [1.29, 1.82) is 0 Å². The van der Waals surface area contributed by atoms with Crippen LogP contribution in [0, 0.1) is 0 Å². The van der Waals surface area contributed by atoms with Crippen LogP contribution in [-0.4, -0.2) is 45.2 Å². The second-order valence-corrected chi connectivity index (χ2v) is 4.92. The first-order chi connectivity index (χ1) is 9.18. The van der Waals surface area contributed by atoms with E-state index in [-0.39, 0.29) is 12.6 Å². The monoisotopic (exact) mass is 268 g/mol. The number of aromatic nitrogens is 4. The zero-order valence-corrected chi connectivity index (χ0v) is 11.4. The Labute approximate surface area is 112 Å². The quantitative estimate of drug-likeness (QED) is 0.819. The van der Waals surface area contributed by atoms with E-state index in [9.17, 15) is 4.79 Å². The Morgan fingerprint density at radius 2 is 2.16 bits per heavy atom. The van der Waals surface area contributed by atoms with Gasteiger partial charge in [-0.1, -0.05) is 19.3 Å². The molecule has 0 aromatic carbocycles. The topological polar surface area (TPSA) is 85.2 Å². The van der Waals surface area contributed by atoms with Crippen LogP contribution in [0.25, 0.3) is 0 Å². The lowest BCUT2D eigenvalue weighted by Crippen LogP contribution is -2.34. The molecule has 0 bridgehead atoms. The van der Waals surface area contributed by atoms with E-state index < -0.39 is 0 Å². The third-order valence-electron chi connectivity index (χ3n) is 3.25. The number of rotatable bonds is 4. The Kier molecular flexibility index (Phi) is 4.67. The number of carbonyl (C=O) groups excluding carboxylic acids is 1. The van der Waals surface area contributed by atoms with Gasteiger partial charge in [-0.15, -0.1) is 5.10 Å². The SMILES string of the molecule is CN(C)C(=O)NOCc1nnnn1C1CCCCC1. The van der Waals surface area contributed by atoms with Crippen LogP contribution in [0.2, 0.25) is 0 Å². The van der Waals surface area contributed by atoms with E-state index >= 15 is 0 Å². The molecule has 0 aliphatic heterocycles. The summed E-state index contributed by atoms with van der Waals surface area (Å²) in [5.74, 6) is 0.644. The summed E-state index contributed by atoms with van der Waals surface area (Å²) in [5, 5.41) is 11.7. The minimum absolute atomic E-state index is 0.170. The molecule has 1 aliphatic rings. The molecule has 8 heteroatoms. The molecule has 1 aromatic rings. The maximum Gasteiger partial charge on any atom is 0.340 e. The van der Waals surface area contributed by atoms with Gasteiger partial charge < -0.3 is 4.90 Å². The van der Waals surface area contributed by atoms with Gasteiger partial charge >= 0.3 is 6.03 Å². The van der Waals surface area contributed by atoms with Crippen molar-refractivity contribution in [3.8, 4) is 0 Å². The van der Waals surface area contributed by atoms with Crippen LogP contribution >= 0.6 is 0 Å². The summed E-state index contributed by atoms with van der Waals surface area (Å²) in [7, 11) is 3.29. The Morgan fingerprint density at radius 3 is 2.84 bits per heavy atom. The van der Waals surface area contributed by atoms with Gasteiger partial charge in [0.2, 0.25) is 0 Å². The second-order valence-electron chi connectivity index (χ2n) is 4.92. The normalized spacial score (nSPS) is 16.3. The van der Waals surface area contributed by atoms with Crippen molar-refractivity contribution in [2.45, 2.75) is 44.8 Å². The standard InChI is InChI=1S/C11H20N6O2/c1-16(2)11(18)13-19-8-10-12-14-15-17(10)9-6-4-3-5-7-9/h9H,3-8H2,1-2H3,(H,13,18). The summed E-state index contributed by atoms with van der Waals surface area (Å²) in [4.78, 5) is 17.8. The molecular formula is C11H20N6O2. The highest BCUT2D eigenvalue weighted by Gasteiger charge is 2.20. The smallest absolute Gasteiger partial charge is 0.329 e. The fourth-order valence-corrected chi connectivity index (χ4v) is 2.17. The van der Waals surface area contributed by atoms with Gasteiger partial charge in [0.25, 0.3) is 0 Å². The van der Waals surface area contributed by atoms with Crippen LogP contribution in [0.4, 0.5) is 4.79 Å². The fraction of sp³-hybridized carbons (Fsp3) is 0.818. The predicted molar refractivity (Wildman–Crippen MR) is 66.9 cm³/mol. The molecule has 0 radical (unpaired) electrons. The number of carbonyl (C=O) groups is 1. The number of urea groups is 1. The molecule has 2 amide bonds. The molecule has 8 nitrogen and oxygen atoms in total. The fourth-order valence-electron chi connectivity index (χ4n) is 2.17. The zero-order valence-electron chi connectivity index (χ0n) is 11.4. The highest BCUT2D eigenvalue weighted by atomic mass is 16.7. The van der Waals surface area contributed by atoms with Crippen LogP contribution in [0.15, 0.2) is 0 Å². The number of nitrogens with one attached hydrogen (secondary N) is 1. The van der Waals surface area contributed by atoms with Gasteiger partial charge in [-0.3, -0.25) is 4.84 Å². The van der Waals surface area contributed by atoms with Crippen molar-refractivity contribution in [2.75, 3.05) is 14.1 Å². The molecule has 0 spiro atoms. The summed E-state index contributed by atoms with van der Waals surface area (Å²) < 4.78 is 1.82. The maximum atomic E-state index is 11.3. The van der Waals surface area contributed by atoms with Crippen molar-refractivity contribution < 1.29 is 9.63 Å². The average molecular weight is 268 g/mol. The van der Waals surface area contributed by atoms with Crippen LogP contribution in [0.3, 0.4) is 0 Å². The van der Waals surface area contributed by atoms with Gasteiger partial charge in [0, 0.05) is 14.1 Å². The molecule has 1 saturated carbocycles. The number of tetrazole rings is 1. The van der Waals surface area contributed by atoms with Gasteiger partial charge in [0.1, 0.15) is 6.61 Å². The summed E-state index contributed by atoms with van der Waals surface area (Å²) >= 11 is 0. The van der Waals surface area contributed by atoms with Crippen LogP contribution in [-0.2, 0) is 11.4 Å². The van der Waals surface area contributed by atoms with Crippen LogP contribution in [0.5, 0.6) is 0 Å². The first-order valence-electron chi connectivity index (χ1n) is 6.54. The Bertz CT molecular complexity index is 413. The zero-order chi connectivity index (χ0) is 13.7. The highest BCUT2D eigenvalue weighted by molar-refractivity contribution is 5.72. The lowest BCUT2D eigenvalue weighted by molar-refractivity contribution is 0.0341. The van der Waals surface area contributed by atoms with E-state index in [0.717, 1.165) is 12.8 Å². The van der Waals surface area contributed by atoms with E-state index in [4.69, 9.17) is 4.84 Å². The number of hydrogen-bond acceptors (Lipinski definition) is 5. The first-order valence-corrected chi connectivity index (χ1v) is 6.54. The number of hydrogen-bond donors (Lipinski definition) is 1. The summed E-state index contributed by atoms with van der Waals surface area (Å²) in [6.07, 6.45) is 5.90. The van der Waals surface area contributed by atoms with E-state index in [1.54, 1.807) is 14.1 Å². The number of hydroxylamine groups is 1. The Hall–Kier alpha value is -1.70. The second kappa shape index (κ2) is 6.46. The number of nitrogens with zero attached hydrogens (tertiary/aromatic N) is 5. The molecule has 106 valence electrons. The van der Waals surface area contributed by atoms with Crippen molar-refractivity contribution in [1.82, 2.24) is 30.6 Å². The Balaban J connectivity index is 1.87. The molecule has 1 fully saturated rings. The van der Waals surface area contributed by atoms with E-state index in [1.165, 1.54) is 24.2 Å². The average Bonchev–Trinajstić information content (AvgIpc) is 2.88. The summed E-state index contributed by atoms with van der Waals surface area (Å²) in [6, 6.07) is 0.0450. The molecule has 1 N–H and O–H groups in total. The molecule has 0 saturated heterocycles. The lowest BCUT2D eigenvalue weighted by atomic mass is 9.96.